The molecule has 1 fully saturated rings. The first-order valence-electron chi connectivity index (χ1n) is 8.91. The van der Waals surface area contributed by atoms with Crippen molar-refractivity contribution in [2.75, 3.05) is 24.6 Å². The monoisotopic (exact) mass is 413 g/mol. The molecule has 144 valence electrons. The second-order valence-electron chi connectivity index (χ2n) is 6.27. The van der Waals surface area contributed by atoms with Crippen molar-refractivity contribution in [3.8, 4) is 5.69 Å². The topological polar surface area (TPSA) is 81.0 Å². The molecular weight excluding hydrogens is 394 g/mol. The van der Waals surface area contributed by atoms with E-state index >= 15 is 0 Å². The van der Waals surface area contributed by atoms with E-state index < -0.39 is 10.8 Å². The number of para-hydroxylation sites is 1. The summed E-state index contributed by atoms with van der Waals surface area (Å²) in [5.41, 5.74) is 1.56. The number of nitrogens with zero attached hydrogens (tertiary/aromatic N) is 5. The van der Waals surface area contributed by atoms with Crippen LogP contribution in [-0.2, 0) is 16.6 Å². The standard InChI is InChI=1S/C19H19N5O2S2/c25-19(23-10-12-28(26)13-11-23)16-8-4-5-9-17(16)27-14-18-20-21-22-24(18)15-6-2-1-3-7-15/h1-9H,10-14H2. The number of hydrogen-bond acceptors (Lipinski definition) is 6. The zero-order valence-corrected chi connectivity index (χ0v) is 16.7. The van der Waals surface area contributed by atoms with E-state index in [4.69, 9.17) is 0 Å². The molecule has 0 atom stereocenters. The lowest BCUT2D eigenvalue weighted by Gasteiger charge is -2.27. The fourth-order valence-electron chi connectivity index (χ4n) is 2.99. The third-order valence-electron chi connectivity index (χ3n) is 4.47. The summed E-state index contributed by atoms with van der Waals surface area (Å²) < 4.78 is 13.3. The van der Waals surface area contributed by atoms with Crippen LogP contribution in [0.4, 0.5) is 0 Å². The fourth-order valence-corrected chi connectivity index (χ4v) is 4.99. The molecule has 0 aliphatic carbocycles. The Morgan fingerprint density at radius 1 is 1.04 bits per heavy atom. The Hall–Kier alpha value is -2.52. The highest BCUT2D eigenvalue weighted by atomic mass is 32.2. The van der Waals surface area contributed by atoms with Crippen LogP contribution in [0.15, 0.2) is 59.5 Å². The van der Waals surface area contributed by atoms with Crippen LogP contribution in [0.1, 0.15) is 16.2 Å². The van der Waals surface area contributed by atoms with Crippen molar-refractivity contribution < 1.29 is 9.00 Å². The van der Waals surface area contributed by atoms with Crippen molar-refractivity contribution in [1.82, 2.24) is 25.1 Å². The van der Waals surface area contributed by atoms with Gasteiger partial charge in [0.1, 0.15) is 0 Å². The number of rotatable bonds is 5. The number of benzene rings is 2. The van der Waals surface area contributed by atoms with Gasteiger partial charge in [0, 0.05) is 40.3 Å². The van der Waals surface area contributed by atoms with Gasteiger partial charge in [0.05, 0.1) is 17.0 Å². The maximum Gasteiger partial charge on any atom is 0.255 e. The van der Waals surface area contributed by atoms with Gasteiger partial charge in [-0.15, -0.1) is 16.9 Å². The van der Waals surface area contributed by atoms with E-state index in [1.54, 1.807) is 9.58 Å². The first-order valence-corrected chi connectivity index (χ1v) is 11.4. The predicted octanol–water partition coefficient (Wildman–Crippen LogP) is 2.16. The Kier molecular flexibility index (Phi) is 5.82. The summed E-state index contributed by atoms with van der Waals surface area (Å²) in [4.78, 5) is 15.6. The summed E-state index contributed by atoms with van der Waals surface area (Å²) in [5.74, 6) is 2.34. The summed E-state index contributed by atoms with van der Waals surface area (Å²) in [6.45, 7) is 1.08. The van der Waals surface area contributed by atoms with Gasteiger partial charge in [-0.05, 0) is 34.7 Å². The maximum absolute atomic E-state index is 12.9. The Labute approximate surface area is 169 Å². The highest BCUT2D eigenvalue weighted by molar-refractivity contribution is 7.98. The molecule has 0 spiro atoms. The highest BCUT2D eigenvalue weighted by Crippen LogP contribution is 2.27. The zero-order valence-electron chi connectivity index (χ0n) is 15.1. The molecule has 1 aromatic heterocycles. The van der Waals surface area contributed by atoms with Crippen LogP contribution >= 0.6 is 11.8 Å². The van der Waals surface area contributed by atoms with E-state index in [-0.39, 0.29) is 5.91 Å². The molecule has 28 heavy (non-hydrogen) atoms. The normalized spacial score (nSPS) is 14.9. The van der Waals surface area contributed by atoms with E-state index in [0.29, 0.717) is 41.7 Å². The Balaban J connectivity index is 1.51. The molecule has 4 rings (SSSR count). The summed E-state index contributed by atoms with van der Waals surface area (Å²) in [6, 6.07) is 17.3. The van der Waals surface area contributed by atoms with Crippen LogP contribution in [0.2, 0.25) is 0 Å². The molecule has 1 aliphatic heterocycles. The Morgan fingerprint density at radius 2 is 1.75 bits per heavy atom. The van der Waals surface area contributed by atoms with Gasteiger partial charge in [-0.3, -0.25) is 9.00 Å². The van der Waals surface area contributed by atoms with Crippen LogP contribution in [0.5, 0.6) is 0 Å². The molecule has 0 bridgehead atoms. The van der Waals surface area contributed by atoms with Gasteiger partial charge in [0.25, 0.3) is 5.91 Å². The second kappa shape index (κ2) is 8.66. The number of aromatic nitrogens is 4. The summed E-state index contributed by atoms with van der Waals surface area (Å²) in [5, 5.41) is 12.0. The molecule has 2 heterocycles. The number of hydrogen-bond donors (Lipinski definition) is 0. The number of carbonyl (C=O) groups is 1. The molecule has 1 aliphatic rings. The summed E-state index contributed by atoms with van der Waals surface area (Å²) >= 11 is 1.54. The lowest BCUT2D eigenvalue weighted by molar-refractivity contribution is 0.0768. The average molecular weight is 414 g/mol. The van der Waals surface area contributed by atoms with Crippen molar-refractivity contribution in [2.45, 2.75) is 10.6 Å². The van der Waals surface area contributed by atoms with Crippen LogP contribution in [0.3, 0.4) is 0 Å². The lowest BCUT2D eigenvalue weighted by Crippen LogP contribution is -2.41. The van der Waals surface area contributed by atoms with Crippen molar-refractivity contribution in [1.29, 1.82) is 0 Å². The average Bonchev–Trinajstić information content (AvgIpc) is 3.22. The molecule has 1 saturated heterocycles. The van der Waals surface area contributed by atoms with Crippen LogP contribution in [-0.4, -0.2) is 59.8 Å². The first kappa shape index (κ1) is 18.8. The molecule has 0 radical (unpaired) electrons. The molecule has 7 nitrogen and oxygen atoms in total. The maximum atomic E-state index is 12.9. The molecule has 2 aromatic carbocycles. The number of amides is 1. The Bertz CT molecular complexity index is 983. The second-order valence-corrected chi connectivity index (χ2v) is 8.98. The van der Waals surface area contributed by atoms with Crippen molar-refractivity contribution in [3.05, 3.63) is 66.0 Å². The molecular formula is C19H19N5O2S2. The van der Waals surface area contributed by atoms with Gasteiger partial charge >= 0.3 is 0 Å². The molecule has 9 heteroatoms. The zero-order chi connectivity index (χ0) is 19.3. The molecule has 0 N–H and O–H groups in total. The van der Waals surface area contributed by atoms with Gasteiger partial charge in [-0.2, -0.15) is 4.68 Å². The van der Waals surface area contributed by atoms with Crippen molar-refractivity contribution in [2.24, 2.45) is 0 Å². The van der Waals surface area contributed by atoms with Crippen LogP contribution < -0.4 is 0 Å². The van der Waals surface area contributed by atoms with Crippen LogP contribution in [0.25, 0.3) is 5.69 Å². The van der Waals surface area contributed by atoms with Crippen molar-refractivity contribution in [3.63, 3.8) is 0 Å². The number of thioether (sulfide) groups is 1. The lowest BCUT2D eigenvalue weighted by atomic mass is 10.2. The smallest absolute Gasteiger partial charge is 0.255 e. The van der Waals surface area contributed by atoms with Gasteiger partial charge < -0.3 is 4.90 Å². The molecule has 1 amide bonds. The van der Waals surface area contributed by atoms with E-state index in [2.05, 4.69) is 15.5 Å². The van der Waals surface area contributed by atoms with E-state index in [9.17, 15) is 9.00 Å². The minimum absolute atomic E-state index is 0.0116. The minimum atomic E-state index is -0.808. The number of tetrazole rings is 1. The van der Waals surface area contributed by atoms with E-state index in [0.717, 1.165) is 10.6 Å². The summed E-state index contributed by atoms with van der Waals surface area (Å²) in [6.07, 6.45) is 0. The SMILES string of the molecule is O=C(c1ccccc1SCc1nnnn1-c1ccccc1)N1CCS(=O)CC1. The third-order valence-corrected chi connectivity index (χ3v) is 6.82. The van der Waals surface area contributed by atoms with Crippen LogP contribution in [0, 0.1) is 0 Å². The molecule has 3 aromatic rings. The van der Waals surface area contributed by atoms with Gasteiger partial charge in [0.15, 0.2) is 5.82 Å². The van der Waals surface area contributed by atoms with Gasteiger partial charge in [-0.1, -0.05) is 30.3 Å². The highest BCUT2D eigenvalue weighted by Gasteiger charge is 2.23. The van der Waals surface area contributed by atoms with E-state index in [1.165, 1.54) is 11.8 Å². The first-order chi connectivity index (χ1) is 13.7. The van der Waals surface area contributed by atoms with Crippen molar-refractivity contribution >= 4 is 28.5 Å². The van der Waals surface area contributed by atoms with Gasteiger partial charge in [-0.25, -0.2) is 0 Å². The molecule has 0 saturated carbocycles. The fraction of sp³-hybridized carbons (Fsp3) is 0.263. The molecule has 0 unspecified atom stereocenters. The predicted molar refractivity (Wildman–Crippen MR) is 109 cm³/mol. The van der Waals surface area contributed by atoms with Gasteiger partial charge in [0.2, 0.25) is 0 Å². The number of carbonyl (C=O) groups excluding carboxylic acids is 1. The third kappa shape index (κ3) is 4.15. The summed E-state index contributed by atoms with van der Waals surface area (Å²) in [7, 11) is -0.808. The Morgan fingerprint density at radius 3 is 2.54 bits per heavy atom. The van der Waals surface area contributed by atoms with E-state index in [1.807, 2.05) is 54.6 Å². The minimum Gasteiger partial charge on any atom is -0.337 e. The largest absolute Gasteiger partial charge is 0.337 e. The quantitative estimate of drug-likeness (QED) is 0.596.